The summed E-state index contributed by atoms with van der Waals surface area (Å²) in [5.41, 5.74) is 2.53. The van der Waals surface area contributed by atoms with E-state index in [1.54, 1.807) is 6.07 Å². The Kier molecular flexibility index (Phi) is 6.18. The summed E-state index contributed by atoms with van der Waals surface area (Å²) in [5, 5.41) is 0.530. The Morgan fingerprint density at radius 3 is 2.54 bits per heavy atom. The van der Waals surface area contributed by atoms with Crippen molar-refractivity contribution in [1.82, 2.24) is 4.98 Å². The summed E-state index contributed by atoms with van der Waals surface area (Å²) in [5.74, 6) is 1.51. The lowest BCUT2D eigenvalue weighted by atomic mass is 10.2. The summed E-state index contributed by atoms with van der Waals surface area (Å²) >= 11 is 6.44. The van der Waals surface area contributed by atoms with Crippen LogP contribution in [0.2, 0.25) is 5.02 Å². The number of hydrogen-bond acceptors (Lipinski definition) is 4. The first-order chi connectivity index (χ1) is 12.7. The third-order valence-corrected chi connectivity index (χ3v) is 4.17. The third kappa shape index (κ3) is 4.20. The third-order valence-electron chi connectivity index (χ3n) is 3.85. The number of benzene rings is 2. The summed E-state index contributed by atoms with van der Waals surface area (Å²) in [6.07, 6.45) is 1.73. The minimum Gasteiger partial charge on any atom is -0.488 e. The first kappa shape index (κ1) is 18.3. The van der Waals surface area contributed by atoms with Crippen molar-refractivity contribution in [3.63, 3.8) is 0 Å². The number of halogens is 1. The van der Waals surface area contributed by atoms with Crippen LogP contribution in [0.1, 0.15) is 31.5 Å². The Balaban J connectivity index is 1.93. The van der Waals surface area contributed by atoms with E-state index >= 15 is 0 Å². The second-order valence-corrected chi connectivity index (χ2v) is 6.23. The molecule has 0 radical (unpaired) electrons. The molecule has 0 saturated heterocycles. The SMILES string of the molecule is CCCc1nc(-c2c(Cl)cccc2OCc2ccccc2)oc1OCC. The predicted octanol–water partition coefficient (Wildman–Crippen LogP) is 5.93. The van der Waals surface area contributed by atoms with Crippen LogP contribution in [0.25, 0.3) is 11.5 Å². The summed E-state index contributed by atoms with van der Waals surface area (Å²) in [6.45, 7) is 4.97. The fourth-order valence-corrected chi connectivity index (χ4v) is 2.90. The first-order valence-electron chi connectivity index (χ1n) is 8.81. The van der Waals surface area contributed by atoms with Crippen LogP contribution in [-0.4, -0.2) is 11.6 Å². The Labute approximate surface area is 158 Å². The van der Waals surface area contributed by atoms with Crippen LogP contribution in [0.15, 0.2) is 52.9 Å². The lowest BCUT2D eigenvalue weighted by Gasteiger charge is -2.11. The van der Waals surface area contributed by atoms with Gasteiger partial charge in [-0.25, -0.2) is 4.98 Å². The molecule has 0 unspecified atom stereocenters. The average Bonchev–Trinajstić information content (AvgIpc) is 3.04. The number of oxazole rings is 1. The molecule has 1 heterocycles. The van der Waals surface area contributed by atoms with Crippen molar-refractivity contribution in [1.29, 1.82) is 0 Å². The fraction of sp³-hybridized carbons (Fsp3) is 0.286. The van der Waals surface area contributed by atoms with Gasteiger partial charge in [0, 0.05) is 0 Å². The van der Waals surface area contributed by atoms with Gasteiger partial charge in [-0.1, -0.05) is 61.3 Å². The molecule has 0 bridgehead atoms. The van der Waals surface area contributed by atoms with Gasteiger partial charge in [0.25, 0.3) is 0 Å². The van der Waals surface area contributed by atoms with Crippen LogP contribution >= 0.6 is 11.6 Å². The van der Waals surface area contributed by atoms with Crippen molar-refractivity contribution in [2.45, 2.75) is 33.3 Å². The van der Waals surface area contributed by atoms with Crippen LogP contribution < -0.4 is 9.47 Å². The van der Waals surface area contributed by atoms with E-state index in [1.807, 2.05) is 49.4 Å². The highest BCUT2D eigenvalue weighted by Crippen LogP contribution is 2.39. The minimum atomic E-state index is 0.422. The lowest BCUT2D eigenvalue weighted by molar-refractivity contribution is 0.256. The van der Waals surface area contributed by atoms with Crippen molar-refractivity contribution in [2.24, 2.45) is 0 Å². The van der Waals surface area contributed by atoms with Gasteiger partial charge in [-0.2, -0.15) is 0 Å². The van der Waals surface area contributed by atoms with E-state index in [1.165, 1.54) is 0 Å². The van der Waals surface area contributed by atoms with Gasteiger partial charge in [0.1, 0.15) is 18.1 Å². The lowest BCUT2D eigenvalue weighted by Crippen LogP contribution is -1.97. The molecule has 0 atom stereocenters. The van der Waals surface area contributed by atoms with Gasteiger partial charge in [-0.15, -0.1) is 0 Å². The van der Waals surface area contributed by atoms with Gasteiger partial charge in [-0.05, 0) is 31.0 Å². The highest BCUT2D eigenvalue weighted by molar-refractivity contribution is 6.33. The standard InChI is InChI=1S/C21H22ClNO3/c1-3-9-17-21(24-4-2)26-20(23-17)19-16(22)12-8-13-18(19)25-14-15-10-6-5-7-11-15/h5-8,10-13H,3-4,9,14H2,1-2H3. The Morgan fingerprint density at radius 2 is 1.81 bits per heavy atom. The zero-order valence-corrected chi connectivity index (χ0v) is 15.8. The monoisotopic (exact) mass is 371 g/mol. The Hall–Kier alpha value is -2.46. The molecule has 0 N–H and O–H groups in total. The second kappa shape index (κ2) is 8.77. The van der Waals surface area contributed by atoms with Gasteiger partial charge in [0.2, 0.25) is 5.89 Å². The molecule has 0 amide bonds. The van der Waals surface area contributed by atoms with Gasteiger partial charge in [0.15, 0.2) is 0 Å². The van der Waals surface area contributed by atoms with E-state index in [0.29, 0.717) is 41.4 Å². The van der Waals surface area contributed by atoms with Crippen LogP contribution in [0.5, 0.6) is 11.7 Å². The van der Waals surface area contributed by atoms with E-state index in [-0.39, 0.29) is 0 Å². The number of rotatable bonds is 8. The average molecular weight is 372 g/mol. The normalized spacial score (nSPS) is 10.7. The Morgan fingerprint density at radius 1 is 1.00 bits per heavy atom. The molecule has 0 aliphatic rings. The molecule has 2 aromatic carbocycles. The van der Waals surface area contributed by atoms with E-state index in [4.69, 9.17) is 25.5 Å². The minimum absolute atomic E-state index is 0.422. The van der Waals surface area contributed by atoms with E-state index < -0.39 is 0 Å². The number of aromatic nitrogens is 1. The van der Waals surface area contributed by atoms with E-state index in [2.05, 4.69) is 11.9 Å². The zero-order chi connectivity index (χ0) is 18.4. The maximum Gasteiger partial charge on any atom is 0.308 e. The summed E-state index contributed by atoms with van der Waals surface area (Å²) in [6, 6.07) is 15.5. The highest BCUT2D eigenvalue weighted by Gasteiger charge is 2.21. The van der Waals surface area contributed by atoms with Crippen molar-refractivity contribution < 1.29 is 13.9 Å². The molecule has 3 aromatic rings. The van der Waals surface area contributed by atoms with Crippen molar-refractivity contribution in [3.05, 3.63) is 64.8 Å². The van der Waals surface area contributed by atoms with Crippen molar-refractivity contribution in [3.8, 4) is 23.1 Å². The molecule has 0 fully saturated rings. The van der Waals surface area contributed by atoms with E-state index in [0.717, 1.165) is 24.1 Å². The molecule has 4 nitrogen and oxygen atoms in total. The van der Waals surface area contributed by atoms with Crippen LogP contribution in [0.4, 0.5) is 0 Å². The molecular weight excluding hydrogens is 350 g/mol. The smallest absolute Gasteiger partial charge is 0.308 e. The summed E-state index contributed by atoms with van der Waals surface area (Å²) in [7, 11) is 0. The Bertz CT molecular complexity index is 822. The van der Waals surface area contributed by atoms with Crippen molar-refractivity contribution in [2.75, 3.05) is 6.61 Å². The maximum absolute atomic E-state index is 6.44. The van der Waals surface area contributed by atoms with Gasteiger partial charge >= 0.3 is 5.95 Å². The molecule has 0 aliphatic carbocycles. The first-order valence-corrected chi connectivity index (χ1v) is 9.18. The number of nitrogens with zero attached hydrogens (tertiary/aromatic N) is 1. The van der Waals surface area contributed by atoms with Gasteiger partial charge < -0.3 is 13.9 Å². The zero-order valence-electron chi connectivity index (χ0n) is 15.0. The molecule has 0 spiro atoms. The van der Waals surface area contributed by atoms with Gasteiger partial charge in [-0.3, -0.25) is 0 Å². The molecule has 5 heteroatoms. The molecule has 0 aliphatic heterocycles. The second-order valence-electron chi connectivity index (χ2n) is 5.82. The number of ether oxygens (including phenoxy) is 2. The number of hydrogen-bond donors (Lipinski definition) is 0. The fourth-order valence-electron chi connectivity index (χ4n) is 2.65. The van der Waals surface area contributed by atoms with Crippen molar-refractivity contribution >= 4 is 11.6 Å². The summed E-state index contributed by atoms with van der Waals surface area (Å²) in [4.78, 5) is 4.61. The largest absolute Gasteiger partial charge is 0.488 e. The van der Waals surface area contributed by atoms with Crippen LogP contribution in [-0.2, 0) is 13.0 Å². The molecule has 26 heavy (non-hydrogen) atoms. The molecule has 136 valence electrons. The number of aryl methyl sites for hydroxylation is 1. The van der Waals surface area contributed by atoms with Crippen LogP contribution in [0, 0.1) is 0 Å². The highest BCUT2D eigenvalue weighted by atomic mass is 35.5. The molecule has 0 saturated carbocycles. The topological polar surface area (TPSA) is 44.5 Å². The summed E-state index contributed by atoms with van der Waals surface area (Å²) < 4.78 is 17.5. The van der Waals surface area contributed by atoms with Gasteiger partial charge in [0.05, 0.1) is 17.2 Å². The predicted molar refractivity (Wildman–Crippen MR) is 103 cm³/mol. The quantitative estimate of drug-likeness (QED) is 0.492. The maximum atomic E-state index is 6.44. The van der Waals surface area contributed by atoms with E-state index in [9.17, 15) is 0 Å². The van der Waals surface area contributed by atoms with Crippen LogP contribution in [0.3, 0.4) is 0 Å². The molecular formula is C21H22ClNO3. The molecule has 1 aromatic heterocycles. The molecule has 3 rings (SSSR count).